The van der Waals surface area contributed by atoms with Crippen molar-refractivity contribution in [2.24, 2.45) is 0 Å². The minimum Gasteiger partial charge on any atom is -0.336 e. The highest BCUT2D eigenvalue weighted by atomic mass is 19.2. The van der Waals surface area contributed by atoms with Crippen LogP contribution in [0.15, 0.2) is 36.9 Å². The second-order valence-corrected chi connectivity index (χ2v) is 4.25. The molecule has 96 valence electrons. The lowest BCUT2D eigenvalue weighted by molar-refractivity contribution is 0.455. The highest BCUT2D eigenvalue weighted by Gasteiger charge is 2.08. The van der Waals surface area contributed by atoms with Crippen LogP contribution in [0.1, 0.15) is 12.5 Å². The fourth-order valence-electron chi connectivity index (χ4n) is 1.74. The molecule has 0 aliphatic carbocycles. The molecule has 0 bridgehead atoms. The molecule has 0 saturated heterocycles. The number of aromatic nitrogens is 2. The fourth-order valence-corrected chi connectivity index (χ4v) is 1.74. The third-order valence-electron chi connectivity index (χ3n) is 2.72. The van der Waals surface area contributed by atoms with Gasteiger partial charge in [-0.25, -0.2) is 13.8 Å². The highest BCUT2D eigenvalue weighted by molar-refractivity contribution is 5.18. The third kappa shape index (κ3) is 3.13. The fraction of sp³-hybridized carbons (Fsp3) is 0.308. The maximum absolute atomic E-state index is 13.4. The van der Waals surface area contributed by atoms with E-state index in [4.69, 9.17) is 0 Å². The lowest BCUT2D eigenvalue weighted by atomic mass is 10.2. The summed E-state index contributed by atoms with van der Waals surface area (Å²) in [5.74, 6) is -1.59. The second-order valence-electron chi connectivity index (χ2n) is 4.25. The Kier molecular flexibility index (Phi) is 4.04. The van der Waals surface area contributed by atoms with Gasteiger partial charge in [0, 0.05) is 37.1 Å². The SMILES string of the molecule is CC(Cn1ccnc1)NCc1cccc(F)c1F. The van der Waals surface area contributed by atoms with Gasteiger partial charge in [-0.1, -0.05) is 12.1 Å². The Hall–Kier alpha value is -1.75. The van der Waals surface area contributed by atoms with Crippen LogP contribution >= 0.6 is 0 Å². The topological polar surface area (TPSA) is 29.9 Å². The molecule has 5 heteroatoms. The first kappa shape index (κ1) is 12.7. The molecule has 1 unspecified atom stereocenters. The quantitative estimate of drug-likeness (QED) is 0.884. The van der Waals surface area contributed by atoms with Crippen molar-refractivity contribution in [2.75, 3.05) is 0 Å². The Balaban J connectivity index is 1.89. The van der Waals surface area contributed by atoms with E-state index in [9.17, 15) is 8.78 Å². The van der Waals surface area contributed by atoms with Crippen LogP contribution in [0.4, 0.5) is 8.78 Å². The average molecular weight is 251 g/mol. The average Bonchev–Trinajstić information content (AvgIpc) is 2.84. The van der Waals surface area contributed by atoms with E-state index in [0.29, 0.717) is 12.1 Å². The van der Waals surface area contributed by atoms with Gasteiger partial charge >= 0.3 is 0 Å². The van der Waals surface area contributed by atoms with Gasteiger partial charge in [-0.2, -0.15) is 0 Å². The molecule has 3 nitrogen and oxygen atoms in total. The number of hydrogen-bond acceptors (Lipinski definition) is 2. The van der Waals surface area contributed by atoms with Crippen molar-refractivity contribution in [3.05, 3.63) is 54.1 Å². The van der Waals surface area contributed by atoms with Crippen molar-refractivity contribution in [1.82, 2.24) is 14.9 Å². The first-order valence-corrected chi connectivity index (χ1v) is 5.79. The van der Waals surface area contributed by atoms with Crippen molar-refractivity contribution < 1.29 is 8.78 Å². The smallest absolute Gasteiger partial charge is 0.163 e. The van der Waals surface area contributed by atoms with E-state index in [1.54, 1.807) is 18.6 Å². The Labute approximate surface area is 104 Å². The standard InChI is InChI=1S/C13H15F2N3/c1-10(8-18-6-5-16-9-18)17-7-11-3-2-4-12(14)13(11)15/h2-6,9-10,17H,7-8H2,1H3. The maximum atomic E-state index is 13.4. The summed E-state index contributed by atoms with van der Waals surface area (Å²) in [6, 6.07) is 4.35. The number of rotatable bonds is 5. The molecule has 0 radical (unpaired) electrons. The van der Waals surface area contributed by atoms with Gasteiger partial charge in [-0.05, 0) is 13.0 Å². The monoisotopic (exact) mass is 251 g/mol. The number of halogens is 2. The number of imidazole rings is 1. The number of nitrogens with zero attached hydrogens (tertiary/aromatic N) is 2. The normalized spacial score (nSPS) is 12.6. The largest absolute Gasteiger partial charge is 0.336 e. The number of nitrogens with one attached hydrogen (secondary N) is 1. The van der Waals surface area contributed by atoms with Crippen molar-refractivity contribution in [1.29, 1.82) is 0 Å². The first-order valence-electron chi connectivity index (χ1n) is 5.79. The highest BCUT2D eigenvalue weighted by Crippen LogP contribution is 2.11. The lowest BCUT2D eigenvalue weighted by Gasteiger charge is -2.14. The van der Waals surface area contributed by atoms with Crippen LogP contribution in [0.3, 0.4) is 0 Å². The van der Waals surface area contributed by atoms with Crippen LogP contribution in [-0.2, 0) is 13.1 Å². The third-order valence-corrected chi connectivity index (χ3v) is 2.72. The van der Waals surface area contributed by atoms with Crippen LogP contribution < -0.4 is 5.32 Å². The maximum Gasteiger partial charge on any atom is 0.163 e. The zero-order valence-electron chi connectivity index (χ0n) is 10.1. The molecule has 0 aliphatic heterocycles. The minimum absolute atomic E-state index is 0.141. The molecule has 2 aromatic rings. The molecule has 0 aliphatic rings. The summed E-state index contributed by atoms with van der Waals surface area (Å²) in [4.78, 5) is 3.94. The van der Waals surface area contributed by atoms with Gasteiger partial charge in [-0.15, -0.1) is 0 Å². The predicted octanol–water partition coefficient (Wildman–Crippen LogP) is 2.34. The molecule has 1 heterocycles. The zero-order chi connectivity index (χ0) is 13.0. The van der Waals surface area contributed by atoms with Gasteiger partial charge in [0.05, 0.1) is 6.33 Å². The van der Waals surface area contributed by atoms with Gasteiger partial charge in [0.1, 0.15) is 0 Å². The van der Waals surface area contributed by atoms with E-state index >= 15 is 0 Å². The number of benzene rings is 1. The van der Waals surface area contributed by atoms with E-state index < -0.39 is 11.6 Å². The minimum atomic E-state index is -0.809. The summed E-state index contributed by atoms with van der Waals surface area (Å²) >= 11 is 0. The van der Waals surface area contributed by atoms with E-state index in [2.05, 4.69) is 10.3 Å². The Morgan fingerprint density at radius 2 is 2.22 bits per heavy atom. The van der Waals surface area contributed by atoms with E-state index in [-0.39, 0.29) is 6.04 Å². The second kappa shape index (κ2) is 5.73. The zero-order valence-corrected chi connectivity index (χ0v) is 10.1. The molecule has 1 aromatic carbocycles. The summed E-state index contributed by atoms with van der Waals surface area (Å²) in [6.45, 7) is 3.02. The molecule has 1 N–H and O–H groups in total. The van der Waals surface area contributed by atoms with Crippen molar-refractivity contribution in [3.8, 4) is 0 Å². The van der Waals surface area contributed by atoms with E-state index in [1.807, 2.05) is 17.7 Å². The molecular weight excluding hydrogens is 236 g/mol. The van der Waals surface area contributed by atoms with Crippen LogP contribution in [-0.4, -0.2) is 15.6 Å². The van der Waals surface area contributed by atoms with Crippen molar-refractivity contribution in [3.63, 3.8) is 0 Å². The van der Waals surface area contributed by atoms with Gasteiger partial charge in [0.2, 0.25) is 0 Å². The Bertz CT molecular complexity index is 497. The van der Waals surface area contributed by atoms with Gasteiger partial charge in [0.25, 0.3) is 0 Å². The van der Waals surface area contributed by atoms with Crippen LogP contribution in [0.2, 0.25) is 0 Å². The Morgan fingerprint density at radius 1 is 1.39 bits per heavy atom. The molecule has 0 amide bonds. The first-order chi connectivity index (χ1) is 8.66. The predicted molar refractivity (Wildman–Crippen MR) is 64.9 cm³/mol. The molecule has 2 rings (SSSR count). The van der Waals surface area contributed by atoms with Crippen molar-refractivity contribution in [2.45, 2.75) is 26.1 Å². The van der Waals surface area contributed by atoms with Gasteiger partial charge in [0.15, 0.2) is 11.6 Å². The molecule has 0 saturated carbocycles. The summed E-state index contributed by atoms with van der Waals surface area (Å²) in [5, 5.41) is 3.15. The summed E-state index contributed by atoms with van der Waals surface area (Å²) in [5.41, 5.74) is 0.340. The van der Waals surface area contributed by atoms with Gasteiger partial charge < -0.3 is 9.88 Å². The molecule has 0 spiro atoms. The number of hydrogen-bond donors (Lipinski definition) is 1. The molecular formula is C13H15F2N3. The van der Waals surface area contributed by atoms with Crippen LogP contribution in [0.25, 0.3) is 0 Å². The Morgan fingerprint density at radius 3 is 2.94 bits per heavy atom. The lowest BCUT2D eigenvalue weighted by Crippen LogP contribution is -2.30. The molecule has 0 fully saturated rings. The van der Waals surface area contributed by atoms with Crippen LogP contribution in [0, 0.1) is 11.6 Å². The molecule has 18 heavy (non-hydrogen) atoms. The molecule has 1 atom stereocenters. The van der Waals surface area contributed by atoms with Crippen molar-refractivity contribution >= 4 is 0 Å². The van der Waals surface area contributed by atoms with Crippen LogP contribution in [0.5, 0.6) is 0 Å². The van der Waals surface area contributed by atoms with Gasteiger partial charge in [-0.3, -0.25) is 0 Å². The summed E-state index contributed by atoms with van der Waals surface area (Å²) in [6.07, 6.45) is 5.29. The summed E-state index contributed by atoms with van der Waals surface area (Å²) in [7, 11) is 0. The molecule has 1 aromatic heterocycles. The summed E-state index contributed by atoms with van der Waals surface area (Å²) < 4.78 is 28.3. The van der Waals surface area contributed by atoms with E-state index in [1.165, 1.54) is 6.07 Å². The van der Waals surface area contributed by atoms with E-state index in [0.717, 1.165) is 12.6 Å².